The SMILES string of the molecule is CC(=O)O[C@@]1(CC#N)CC[C@H]2[C@@H]3CCC4=C/C(=N/OC(C)(C)C)CCC4=C3CC[C@@]21C. The van der Waals surface area contributed by atoms with Gasteiger partial charge in [-0.2, -0.15) is 5.26 Å². The summed E-state index contributed by atoms with van der Waals surface area (Å²) < 4.78 is 5.95. The summed E-state index contributed by atoms with van der Waals surface area (Å²) in [4.78, 5) is 17.6. The van der Waals surface area contributed by atoms with E-state index < -0.39 is 5.60 Å². The number of nitrogens with zero attached hydrogens (tertiary/aromatic N) is 2. The molecule has 0 heterocycles. The average molecular weight is 425 g/mol. The summed E-state index contributed by atoms with van der Waals surface area (Å²) in [6, 6.07) is 2.34. The largest absolute Gasteiger partial charge is 0.458 e. The van der Waals surface area contributed by atoms with Crippen molar-refractivity contribution in [1.82, 2.24) is 0 Å². The van der Waals surface area contributed by atoms with Gasteiger partial charge in [0.25, 0.3) is 0 Å². The van der Waals surface area contributed by atoms with Gasteiger partial charge in [-0.3, -0.25) is 4.79 Å². The molecule has 5 nitrogen and oxygen atoms in total. The molecule has 2 saturated carbocycles. The first-order valence-electron chi connectivity index (χ1n) is 11.8. The van der Waals surface area contributed by atoms with Gasteiger partial charge in [-0.15, -0.1) is 0 Å². The fraction of sp³-hybridized carbons (Fsp3) is 0.731. The van der Waals surface area contributed by atoms with E-state index in [-0.39, 0.29) is 17.0 Å². The van der Waals surface area contributed by atoms with Crippen LogP contribution < -0.4 is 0 Å². The van der Waals surface area contributed by atoms with Crippen LogP contribution in [0.4, 0.5) is 0 Å². The minimum Gasteiger partial charge on any atom is -0.458 e. The highest BCUT2D eigenvalue weighted by atomic mass is 16.6. The van der Waals surface area contributed by atoms with Gasteiger partial charge in [-0.1, -0.05) is 17.7 Å². The van der Waals surface area contributed by atoms with Crippen LogP contribution in [0.15, 0.2) is 28.0 Å². The van der Waals surface area contributed by atoms with Crippen LogP contribution >= 0.6 is 0 Å². The number of nitriles is 1. The molecule has 4 rings (SSSR count). The van der Waals surface area contributed by atoms with Crippen molar-refractivity contribution in [1.29, 1.82) is 5.26 Å². The normalized spacial score (nSPS) is 36.1. The fourth-order valence-corrected chi connectivity index (χ4v) is 6.80. The molecule has 0 unspecified atom stereocenters. The van der Waals surface area contributed by atoms with Crippen molar-refractivity contribution in [3.63, 3.8) is 0 Å². The summed E-state index contributed by atoms with van der Waals surface area (Å²) in [7, 11) is 0. The molecule has 0 N–H and O–H groups in total. The minimum absolute atomic E-state index is 0.119. The Bertz CT molecular complexity index is 901. The van der Waals surface area contributed by atoms with E-state index >= 15 is 0 Å². The van der Waals surface area contributed by atoms with Crippen LogP contribution in [0.2, 0.25) is 0 Å². The lowest BCUT2D eigenvalue weighted by Crippen LogP contribution is -2.51. The summed E-state index contributed by atoms with van der Waals surface area (Å²) in [5.41, 5.74) is 4.67. The third-order valence-electron chi connectivity index (χ3n) is 8.18. The number of rotatable bonds is 3. The van der Waals surface area contributed by atoms with Crippen molar-refractivity contribution in [3.05, 3.63) is 22.8 Å². The van der Waals surface area contributed by atoms with Gasteiger partial charge in [0.15, 0.2) is 0 Å². The maximum Gasteiger partial charge on any atom is 0.303 e. The number of ether oxygens (including phenoxy) is 1. The van der Waals surface area contributed by atoms with Crippen molar-refractivity contribution in [2.75, 3.05) is 0 Å². The maximum absolute atomic E-state index is 11.9. The molecule has 0 saturated heterocycles. The van der Waals surface area contributed by atoms with Crippen molar-refractivity contribution in [2.45, 2.75) is 104 Å². The smallest absolute Gasteiger partial charge is 0.303 e. The average Bonchev–Trinajstić information content (AvgIpc) is 2.97. The second-order valence-corrected chi connectivity index (χ2v) is 11.1. The lowest BCUT2D eigenvalue weighted by Gasteiger charge is -2.52. The molecular formula is C26H36N2O3. The Morgan fingerprint density at radius 3 is 2.68 bits per heavy atom. The summed E-state index contributed by atoms with van der Waals surface area (Å²) in [6.45, 7) is 9.83. The molecule has 2 fully saturated rings. The quantitative estimate of drug-likeness (QED) is 0.411. The number of hydrogen-bond acceptors (Lipinski definition) is 5. The van der Waals surface area contributed by atoms with Gasteiger partial charge in [0.05, 0.1) is 18.2 Å². The van der Waals surface area contributed by atoms with E-state index in [1.54, 1.807) is 11.1 Å². The fourth-order valence-electron chi connectivity index (χ4n) is 6.80. The minimum atomic E-state index is -0.624. The number of esters is 1. The number of carbonyl (C=O) groups is 1. The van der Waals surface area contributed by atoms with E-state index in [4.69, 9.17) is 9.57 Å². The Labute approximate surface area is 186 Å². The van der Waals surface area contributed by atoms with Crippen LogP contribution in [0.25, 0.3) is 0 Å². The van der Waals surface area contributed by atoms with E-state index in [1.807, 2.05) is 20.8 Å². The first-order valence-corrected chi connectivity index (χ1v) is 11.8. The topological polar surface area (TPSA) is 71.7 Å². The number of oxime groups is 1. The predicted octanol–water partition coefficient (Wildman–Crippen LogP) is 6.01. The molecular weight excluding hydrogens is 388 g/mol. The molecule has 0 spiro atoms. The van der Waals surface area contributed by atoms with Crippen LogP contribution in [0.3, 0.4) is 0 Å². The van der Waals surface area contributed by atoms with Crippen molar-refractivity contribution < 1.29 is 14.4 Å². The van der Waals surface area contributed by atoms with Gasteiger partial charge in [0, 0.05) is 12.3 Å². The first-order chi connectivity index (χ1) is 14.6. The van der Waals surface area contributed by atoms with Crippen LogP contribution in [0.1, 0.15) is 92.4 Å². The molecule has 4 aliphatic rings. The van der Waals surface area contributed by atoms with Crippen LogP contribution in [-0.2, 0) is 14.4 Å². The standard InChI is InChI=1S/C26H36N2O3/c1-17(29)30-26(14-15-27)13-11-23-22-8-6-18-16-19(28-31-24(2,3)4)7-9-20(18)21(22)10-12-25(23,26)5/h16,22-23H,6-14H2,1-5H3/b28-19+/t22-,23+,25+,26-/m1/s1. The van der Waals surface area contributed by atoms with Crippen molar-refractivity contribution in [2.24, 2.45) is 22.4 Å². The molecule has 0 aromatic rings. The Balaban J connectivity index is 1.62. The summed E-state index contributed by atoms with van der Waals surface area (Å²) >= 11 is 0. The number of carbonyl (C=O) groups excluding carboxylic acids is 1. The lowest BCUT2D eigenvalue weighted by molar-refractivity contribution is -0.174. The van der Waals surface area contributed by atoms with E-state index in [0.29, 0.717) is 18.3 Å². The molecule has 4 aliphatic carbocycles. The molecule has 0 aromatic carbocycles. The highest BCUT2D eigenvalue weighted by Crippen LogP contribution is 2.65. The second-order valence-electron chi connectivity index (χ2n) is 11.1. The molecule has 168 valence electrons. The molecule has 0 radical (unpaired) electrons. The van der Waals surface area contributed by atoms with Crippen molar-refractivity contribution in [3.8, 4) is 6.07 Å². The third-order valence-corrected chi connectivity index (χ3v) is 8.18. The zero-order valence-electron chi connectivity index (χ0n) is 19.7. The van der Waals surface area contributed by atoms with Crippen LogP contribution in [0.5, 0.6) is 0 Å². The molecule has 31 heavy (non-hydrogen) atoms. The molecule has 0 aliphatic heterocycles. The second kappa shape index (κ2) is 7.80. The molecule has 0 bridgehead atoms. The first kappa shape index (κ1) is 22.1. The molecule has 0 amide bonds. The number of fused-ring (bicyclic) bond motifs is 4. The summed E-state index contributed by atoms with van der Waals surface area (Å²) in [5.74, 6) is 0.773. The lowest BCUT2D eigenvalue weighted by atomic mass is 9.54. The Hall–Kier alpha value is -2.09. The predicted molar refractivity (Wildman–Crippen MR) is 120 cm³/mol. The zero-order chi connectivity index (χ0) is 22.4. The van der Waals surface area contributed by atoms with Gasteiger partial charge in [-0.25, -0.2) is 0 Å². The van der Waals surface area contributed by atoms with Gasteiger partial charge >= 0.3 is 5.97 Å². The Kier molecular flexibility index (Phi) is 5.56. The third kappa shape index (κ3) is 3.83. The molecule has 4 atom stereocenters. The monoisotopic (exact) mass is 424 g/mol. The van der Waals surface area contributed by atoms with Gasteiger partial charge < -0.3 is 9.57 Å². The van der Waals surface area contributed by atoms with Gasteiger partial charge in [0.1, 0.15) is 11.2 Å². The number of allylic oxidation sites excluding steroid dienone is 4. The summed E-state index contributed by atoms with van der Waals surface area (Å²) in [6.07, 6.45) is 10.6. The van der Waals surface area contributed by atoms with Gasteiger partial charge in [0.2, 0.25) is 0 Å². The number of hydrogen-bond donors (Lipinski definition) is 0. The molecule has 0 aromatic heterocycles. The Morgan fingerprint density at radius 1 is 1.23 bits per heavy atom. The van der Waals surface area contributed by atoms with Gasteiger partial charge in [-0.05, 0) is 101 Å². The van der Waals surface area contributed by atoms with E-state index in [0.717, 1.165) is 57.1 Å². The van der Waals surface area contributed by atoms with Crippen LogP contribution in [-0.4, -0.2) is 22.9 Å². The van der Waals surface area contributed by atoms with Crippen molar-refractivity contribution >= 4 is 11.7 Å². The van der Waals surface area contributed by atoms with Crippen LogP contribution in [0, 0.1) is 28.6 Å². The molecule has 5 heteroatoms. The highest BCUT2D eigenvalue weighted by Gasteiger charge is 2.63. The Morgan fingerprint density at radius 2 is 2.00 bits per heavy atom. The zero-order valence-corrected chi connectivity index (χ0v) is 19.7. The summed E-state index contributed by atoms with van der Waals surface area (Å²) in [5, 5.41) is 14.0. The van der Waals surface area contributed by atoms with E-state index in [9.17, 15) is 10.1 Å². The highest BCUT2D eigenvalue weighted by molar-refractivity contribution is 5.97. The maximum atomic E-state index is 11.9. The van der Waals surface area contributed by atoms with E-state index in [1.165, 1.54) is 12.5 Å². The van der Waals surface area contributed by atoms with E-state index in [2.05, 4.69) is 24.2 Å².